The first-order valence-corrected chi connectivity index (χ1v) is 6.27. The topological polar surface area (TPSA) is 64.3 Å². The Morgan fingerprint density at radius 1 is 1.39 bits per heavy atom. The molecule has 1 aromatic carbocycles. The largest absolute Gasteiger partial charge is 0.494 e. The van der Waals surface area contributed by atoms with Crippen molar-refractivity contribution >= 4 is 5.91 Å². The van der Waals surface area contributed by atoms with Crippen molar-refractivity contribution in [2.24, 2.45) is 5.73 Å². The molecule has 0 fully saturated rings. The Labute approximate surface area is 109 Å². The number of rotatable bonds is 7. The van der Waals surface area contributed by atoms with Crippen LogP contribution in [0, 0.1) is 13.8 Å². The van der Waals surface area contributed by atoms with Crippen molar-refractivity contribution in [3.63, 3.8) is 0 Å². The van der Waals surface area contributed by atoms with E-state index in [9.17, 15) is 4.79 Å². The minimum Gasteiger partial charge on any atom is -0.494 e. The van der Waals surface area contributed by atoms with Gasteiger partial charge in [-0.15, -0.1) is 0 Å². The normalized spacial score (nSPS) is 12.2. The fourth-order valence-corrected chi connectivity index (χ4v) is 1.69. The molecule has 1 unspecified atom stereocenters. The Balaban J connectivity index is 2.44. The summed E-state index contributed by atoms with van der Waals surface area (Å²) >= 11 is 0. The average molecular weight is 250 g/mol. The van der Waals surface area contributed by atoms with Gasteiger partial charge in [0.2, 0.25) is 5.91 Å². The number of carbonyl (C=O) groups excluding carboxylic acids is 1. The quantitative estimate of drug-likeness (QED) is 0.771. The van der Waals surface area contributed by atoms with Crippen LogP contribution in [0.2, 0.25) is 0 Å². The summed E-state index contributed by atoms with van der Waals surface area (Å²) in [5.74, 6) is 0.498. The monoisotopic (exact) mass is 250 g/mol. The fraction of sp³-hybridized carbons (Fsp3) is 0.500. The molecule has 0 aliphatic rings. The lowest BCUT2D eigenvalue weighted by molar-refractivity contribution is -0.120. The molecule has 1 atom stereocenters. The maximum Gasteiger partial charge on any atom is 0.234 e. The lowest BCUT2D eigenvalue weighted by Crippen LogP contribution is -2.42. The molecule has 100 valence electrons. The molecule has 4 heteroatoms. The molecule has 1 amide bonds. The van der Waals surface area contributed by atoms with E-state index in [-0.39, 0.29) is 11.9 Å². The molecule has 0 aromatic heterocycles. The van der Waals surface area contributed by atoms with Crippen LogP contribution in [0.4, 0.5) is 0 Å². The van der Waals surface area contributed by atoms with Crippen molar-refractivity contribution in [3.8, 4) is 5.75 Å². The van der Waals surface area contributed by atoms with Crippen LogP contribution in [0.25, 0.3) is 0 Å². The van der Waals surface area contributed by atoms with E-state index in [1.807, 2.05) is 32.0 Å². The highest BCUT2D eigenvalue weighted by Gasteiger charge is 2.13. The Morgan fingerprint density at radius 2 is 2.11 bits per heavy atom. The summed E-state index contributed by atoms with van der Waals surface area (Å²) in [6.07, 6.45) is 0.579. The van der Waals surface area contributed by atoms with E-state index < -0.39 is 0 Å². The minimum absolute atomic E-state index is 0.318. The first-order valence-electron chi connectivity index (χ1n) is 6.27. The van der Waals surface area contributed by atoms with Gasteiger partial charge in [0, 0.05) is 6.42 Å². The predicted molar refractivity (Wildman–Crippen MR) is 72.7 cm³/mol. The third kappa shape index (κ3) is 4.37. The van der Waals surface area contributed by atoms with Gasteiger partial charge in [0.1, 0.15) is 5.75 Å². The molecular formula is C14H22N2O2. The van der Waals surface area contributed by atoms with Gasteiger partial charge < -0.3 is 15.8 Å². The van der Waals surface area contributed by atoms with Crippen molar-refractivity contribution in [1.82, 2.24) is 5.32 Å². The highest BCUT2D eigenvalue weighted by Crippen LogP contribution is 2.16. The first-order chi connectivity index (χ1) is 8.54. The van der Waals surface area contributed by atoms with Crippen LogP contribution >= 0.6 is 0 Å². The molecule has 0 radical (unpaired) electrons. The van der Waals surface area contributed by atoms with E-state index in [1.165, 1.54) is 11.1 Å². The molecule has 18 heavy (non-hydrogen) atoms. The van der Waals surface area contributed by atoms with Crippen molar-refractivity contribution in [3.05, 3.63) is 29.3 Å². The number of benzene rings is 1. The van der Waals surface area contributed by atoms with Crippen LogP contribution in [0.1, 0.15) is 24.5 Å². The number of hydrogen-bond donors (Lipinski definition) is 2. The van der Waals surface area contributed by atoms with Gasteiger partial charge in [-0.25, -0.2) is 0 Å². The third-order valence-corrected chi connectivity index (χ3v) is 2.95. The minimum atomic E-state index is -0.333. The summed E-state index contributed by atoms with van der Waals surface area (Å²) in [7, 11) is 0. The van der Waals surface area contributed by atoms with E-state index in [4.69, 9.17) is 10.5 Å². The summed E-state index contributed by atoms with van der Waals surface area (Å²) in [6.45, 7) is 7.25. The molecule has 0 saturated carbocycles. The van der Waals surface area contributed by atoms with E-state index >= 15 is 0 Å². The standard InChI is InChI=1S/C14H22N2O2/c1-4-16-13(14(15)17)7-8-18-12-6-5-10(2)11(3)9-12/h5-6,9,13,16H,4,7-8H2,1-3H3,(H2,15,17). The SMILES string of the molecule is CCNC(CCOc1ccc(C)c(C)c1)C(N)=O. The third-order valence-electron chi connectivity index (χ3n) is 2.95. The van der Waals surface area contributed by atoms with Gasteiger partial charge in [-0.05, 0) is 43.7 Å². The molecule has 0 aliphatic heterocycles. The zero-order valence-electron chi connectivity index (χ0n) is 11.3. The van der Waals surface area contributed by atoms with Gasteiger partial charge in [-0.3, -0.25) is 4.79 Å². The lowest BCUT2D eigenvalue weighted by Gasteiger charge is -2.14. The predicted octanol–water partition coefficient (Wildman–Crippen LogP) is 1.54. The maximum atomic E-state index is 11.1. The molecule has 1 aromatic rings. The molecule has 0 saturated heterocycles. The second-order valence-corrected chi connectivity index (χ2v) is 4.40. The number of ether oxygens (including phenoxy) is 1. The van der Waals surface area contributed by atoms with Crippen molar-refractivity contribution < 1.29 is 9.53 Å². The van der Waals surface area contributed by atoms with Crippen LogP contribution in [-0.4, -0.2) is 25.1 Å². The smallest absolute Gasteiger partial charge is 0.234 e. The summed E-state index contributed by atoms with van der Waals surface area (Å²) in [4.78, 5) is 11.1. The van der Waals surface area contributed by atoms with E-state index in [0.29, 0.717) is 13.0 Å². The molecule has 3 N–H and O–H groups in total. The van der Waals surface area contributed by atoms with Gasteiger partial charge in [-0.1, -0.05) is 13.0 Å². The highest BCUT2D eigenvalue weighted by atomic mass is 16.5. The number of amides is 1. The van der Waals surface area contributed by atoms with Crippen LogP contribution in [-0.2, 0) is 4.79 Å². The van der Waals surface area contributed by atoms with Crippen LogP contribution in [0.15, 0.2) is 18.2 Å². The summed E-state index contributed by atoms with van der Waals surface area (Å²) in [5, 5.41) is 3.03. The summed E-state index contributed by atoms with van der Waals surface area (Å²) in [6, 6.07) is 5.65. The summed E-state index contributed by atoms with van der Waals surface area (Å²) < 4.78 is 5.62. The average Bonchev–Trinajstić information content (AvgIpc) is 2.32. The Morgan fingerprint density at radius 3 is 2.67 bits per heavy atom. The zero-order chi connectivity index (χ0) is 13.5. The first kappa shape index (κ1) is 14.5. The molecule has 0 bridgehead atoms. The number of nitrogens with two attached hydrogens (primary N) is 1. The van der Waals surface area contributed by atoms with E-state index in [2.05, 4.69) is 12.2 Å². The zero-order valence-corrected chi connectivity index (χ0v) is 11.3. The van der Waals surface area contributed by atoms with Gasteiger partial charge >= 0.3 is 0 Å². The summed E-state index contributed by atoms with van der Waals surface area (Å²) in [5.41, 5.74) is 7.73. The molecule has 0 spiro atoms. The Bertz CT molecular complexity index is 405. The van der Waals surface area contributed by atoms with Crippen LogP contribution < -0.4 is 15.8 Å². The number of primary amides is 1. The number of carbonyl (C=O) groups is 1. The number of likely N-dealkylation sites (N-methyl/N-ethyl adjacent to an activating group) is 1. The molecule has 0 heterocycles. The van der Waals surface area contributed by atoms with Crippen LogP contribution in [0.5, 0.6) is 5.75 Å². The van der Waals surface area contributed by atoms with Crippen LogP contribution in [0.3, 0.4) is 0 Å². The number of nitrogens with one attached hydrogen (secondary N) is 1. The van der Waals surface area contributed by atoms with Crippen molar-refractivity contribution in [2.45, 2.75) is 33.2 Å². The van der Waals surface area contributed by atoms with E-state index in [0.717, 1.165) is 12.3 Å². The molecule has 1 rings (SSSR count). The second-order valence-electron chi connectivity index (χ2n) is 4.40. The maximum absolute atomic E-state index is 11.1. The van der Waals surface area contributed by atoms with Gasteiger partial charge in [-0.2, -0.15) is 0 Å². The number of aryl methyl sites for hydroxylation is 2. The second kappa shape index (κ2) is 7.01. The van der Waals surface area contributed by atoms with E-state index in [1.54, 1.807) is 0 Å². The Kier molecular flexibility index (Phi) is 5.65. The lowest BCUT2D eigenvalue weighted by atomic mass is 10.1. The molecule has 4 nitrogen and oxygen atoms in total. The van der Waals surface area contributed by atoms with Crippen molar-refractivity contribution in [1.29, 1.82) is 0 Å². The number of hydrogen-bond acceptors (Lipinski definition) is 3. The molecule has 0 aliphatic carbocycles. The Hall–Kier alpha value is -1.55. The fourth-order valence-electron chi connectivity index (χ4n) is 1.69. The van der Waals surface area contributed by atoms with Gasteiger partial charge in [0.05, 0.1) is 12.6 Å². The highest BCUT2D eigenvalue weighted by molar-refractivity contribution is 5.79. The molecular weight excluding hydrogens is 228 g/mol. The van der Waals surface area contributed by atoms with Gasteiger partial charge in [0.25, 0.3) is 0 Å². The van der Waals surface area contributed by atoms with Crippen molar-refractivity contribution in [2.75, 3.05) is 13.2 Å². The van der Waals surface area contributed by atoms with Gasteiger partial charge in [0.15, 0.2) is 0 Å².